The van der Waals surface area contributed by atoms with E-state index in [-0.39, 0.29) is 30.2 Å². The van der Waals surface area contributed by atoms with Crippen molar-refractivity contribution in [2.24, 2.45) is 0 Å². The zero-order chi connectivity index (χ0) is 21.0. The highest BCUT2D eigenvalue weighted by Gasteiger charge is 2.26. The predicted molar refractivity (Wildman–Crippen MR) is 104 cm³/mol. The number of carbonyl (C=O) groups is 1. The highest BCUT2D eigenvalue weighted by Crippen LogP contribution is 2.22. The number of nitrogens with two attached hydrogens (primary N) is 1. The summed E-state index contributed by atoms with van der Waals surface area (Å²) in [7, 11) is 0. The molecule has 10 heteroatoms. The van der Waals surface area contributed by atoms with Gasteiger partial charge in [0, 0.05) is 12.7 Å². The molecule has 0 fully saturated rings. The van der Waals surface area contributed by atoms with Gasteiger partial charge in [-0.3, -0.25) is 24.0 Å². The monoisotopic (exact) mass is 401 g/mol. The quantitative estimate of drug-likeness (QED) is 0.582. The summed E-state index contributed by atoms with van der Waals surface area (Å²) in [4.78, 5) is 44.7. The molecule has 0 unspecified atom stereocenters. The number of hydrogen-bond acceptors (Lipinski definition) is 6. The zero-order valence-corrected chi connectivity index (χ0v) is 15.7. The van der Waals surface area contributed by atoms with Crippen LogP contribution in [0.5, 0.6) is 0 Å². The molecule has 29 heavy (non-hydrogen) atoms. The van der Waals surface area contributed by atoms with Gasteiger partial charge < -0.3 is 10.2 Å². The van der Waals surface area contributed by atoms with Gasteiger partial charge >= 0.3 is 5.69 Å². The number of nitrogens with one attached hydrogen (secondary N) is 1. The van der Waals surface area contributed by atoms with Gasteiger partial charge in [-0.1, -0.05) is 13.3 Å². The Hall–Kier alpha value is -3.69. The van der Waals surface area contributed by atoms with E-state index in [1.54, 1.807) is 12.1 Å². The van der Waals surface area contributed by atoms with E-state index in [2.05, 4.69) is 9.97 Å². The molecule has 9 nitrogen and oxygen atoms in total. The van der Waals surface area contributed by atoms with Gasteiger partial charge in [0.15, 0.2) is 5.69 Å². The molecule has 0 radical (unpaired) electrons. The van der Waals surface area contributed by atoms with Crippen molar-refractivity contribution in [1.82, 2.24) is 14.5 Å². The smallest absolute Gasteiger partial charge is 0.330 e. The lowest BCUT2D eigenvalue weighted by Crippen LogP contribution is -2.41. The number of anilines is 2. The molecule has 3 rings (SSSR count). The molecule has 152 valence electrons. The molecule has 3 heterocycles. The van der Waals surface area contributed by atoms with Gasteiger partial charge in [-0.25, -0.2) is 9.78 Å². The van der Waals surface area contributed by atoms with E-state index >= 15 is 0 Å². The van der Waals surface area contributed by atoms with Gasteiger partial charge in [-0.15, -0.1) is 0 Å². The number of nitrogens with zero attached hydrogens (tertiary/aromatic N) is 3. The molecule has 0 atom stereocenters. The second-order valence-corrected chi connectivity index (χ2v) is 6.34. The summed E-state index contributed by atoms with van der Waals surface area (Å²) in [6.07, 6.45) is 3.94. The summed E-state index contributed by atoms with van der Waals surface area (Å²) in [6, 6.07) is 5.54. The lowest BCUT2D eigenvalue weighted by atomic mass is 10.2. The van der Waals surface area contributed by atoms with E-state index in [9.17, 15) is 18.8 Å². The lowest BCUT2D eigenvalue weighted by Gasteiger charge is -2.23. The van der Waals surface area contributed by atoms with Crippen LogP contribution in [-0.4, -0.2) is 20.4 Å². The SMILES string of the molecule is CCCCn1c(N)c(N(Cc2ccco2)C(=O)c2ccc(F)nc2)c(=O)[nH]c1=O. The first-order chi connectivity index (χ1) is 13.9. The number of amides is 1. The minimum atomic E-state index is -0.810. The molecular weight excluding hydrogens is 381 g/mol. The van der Waals surface area contributed by atoms with Crippen molar-refractivity contribution >= 4 is 17.4 Å². The van der Waals surface area contributed by atoms with Crippen LogP contribution in [0.25, 0.3) is 0 Å². The largest absolute Gasteiger partial charge is 0.467 e. The third-order valence-corrected chi connectivity index (χ3v) is 4.33. The van der Waals surface area contributed by atoms with E-state index in [4.69, 9.17) is 10.2 Å². The van der Waals surface area contributed by atoms with Crippen LogP contribution in [0, 0.1) is 5.95 Å². The Morgan fingerprint density at radius 2 is 2.14 bits per heavy atom. The molecule has 0 aliphatic heterocycles. The topological polar surface area (TPSA) is 127 Å². The Balaban J connectivity index is 2.13. The van der Waals surface area contributed by atoms with E-state index < -0.39 is 23.1 Å². The molecule has 0 bridgehead atoms. The molecular formula is C19H20FN5O4. The Morgan fingerprint density at radius 3 is 2.76 bits per heavy atom. The molecule has 3 aromatic rings. The standard InChI is InChI=1S/C19H20FN5O4/c1-2-3-8-24-16(21)15(17(26)23-19(24)28)25(11-13-5-4-9-29-13)18(27)12-6-7-14(20)22-10-12/h4-7,9-10H,2-3,8,11,21H2,1H3,(H,23,26,28). The van der Waals surface area contributed by atoms with Crippen molar-refractivity contribution in [3.05, 3.63) is 74.8 Å². The molecule has 0 aliphatic rings. The number of rotatable bonds is 7. The minimum absolute atomic E-state index is 0.0445. The average molecular weight is 401 g/mol. The second-order valence-electron chi connectivity index (χ2n) is 6.34. The number of H-pyrrole nitrogens is 1. The summed E-state index contributed by atoms with van der Waals surface area (Å²) in [6.45, 7) is 2.11. The van der Waals surface area contributed by atoms with Crippen LogP contribution in [0.3, 0.4) is 0 Å². The van der Waals surface area contributed by atoms with Gasteiger partial charge in [-0.05, 0) is 30.7 Å². The van der Waals surface area contributed by atoms with Crippen LogP contribution < -0.4 is 21.9 Å². The number of pyridine rings is 1. The molecule has 3 N–H and O–H groups in total. The molecule has 0 spiro atoms. The number of furan rings is 1. The Bertz CT molecular complexity index is 1100. The van der Waals surface area contributed by atoms with Crippen molar-refractivity contribution in [3.63, 3.8) is 0 Å². The first-order valence-electron chi connectivity index (χ1n) is 9.00. The third-order valence-electron chi connectivity index (χ3n) is 4.33. The summed E-state index contributed by atoms with van der Waals surface area (Å²) in [5, 5.41) is 0. The fraction of sp³-hybridized carbons (Fsp3) is 0.263. The van der Waals surface area contributed by atoms with Crippen molar-refractivity contribution < 1.29 is 13.6 Å². The fourth-order valence-corrected chi connectivity index (χ4v) is 2.85. The lowest BCUT2D eigenvalue weighted by molar-refractivity contribution is 0.0982. The number of aromatic amines is 1. The maximum atomic E-state index is 13.2. The van der Waals surface area contributed by atoms with Crippen LogP contribution in [-0.2, 0) is 13.1 Å². The molecule has 1 amide bonds. The highest BCUT2D eigenvalue weighted by atomic mass is 19.1. The molecule has 3 aromatic heterocycles. The maximum absolute atomic E-state index is 13.2. The van der Waals surface area contributed by atoms with Crippen LogP contribution in [0.15, 0.2) is 50.7 Å². The number of nitrogen functional groups attached to an aromatic ring is 1. The predicted octanol–water partition coefficient (Wildman–Crippen LogP) is 1.89. The van der Waals surface area contributed by atoms with Crippen LogP contribution in [0.2, 0.25) is 0 Å². The van der Waals surface area contributed by atoms with Crippen molar-refractivity contribution in [3.8, 4) is 0 Å². The van der Waals surface area contributed by atoms with Gasteiger partial charge in [0.1, 0.15) is 11.6 Å². The fourth-order valence-electron chi connectivity index (χ4n) is 2.85. The second kappa shape index (κ2) is 8.55. The number of hydrogen-bond donors (Lipinski definition) is 2. The molecule has 0 saturated heterocycles. The maximum Gasteiger partial charge on any atom is 0.330 e. The Kier molecular flexibility index (Phi) is 5.91. The Labute approximate surface area is 164 Å². The van der Waals surface area contributed by atoms with E-state index in [1.165, 1.54) is 16.9 Å². The van der Waals surface area contributed by atoms with E-state index in [0.29, 0.717) is 12.2 Å². The average Bonchev–Trinajstić information content (AvgIpc) is 3.20. The van der Waals surface area contributed by atoms with E-state index in [1.807, 2.05) is 6.92 Å². The van der Waals surface area contributed by atoms with Gasteiger partial charge in [0.05, 0.1) is 18.4 Å². The van der Waals surface area contributed by atoms with Crippen LogP contribution in [0.1, 0.15) is 35.9 Å². The summed E-state index contributed by atoms with van der Waals surface area (Å²) in [5.41, 5.74) is 4.53. The van der Waals surface area contributed by atoms with Gasteiger partial charge in [-0.2, -0.15) is 4.39 Å². The van der Waals surface area contributed by atoms with Crippen LogP contribution in [0.4, 0.5) is 15.9 Å². The summed E-state index contributed by atoms with van der Waals surface area (Å²) >= 11 is 0. The van der Waals surface area contributed by atoms with Crippen molar-refractivity contribution in [2.75, 3.05) is 10.6 Å². The minimum Gasteiger partial charge on any atom is -0.467 e. The molecule has 0 aliphatic carbocycles. The normalized spacial score (nSPS) is 10.8. The van der Waals surface area contributed by atoms with Crippen LogP contribution >= 0.6 is 0 Å². The van der Waals surface area contributed by atoms with Gasteiger partial charge in [0.25, 0.3) is 11.5 Å². The summed E-state index contributed by atoms with van der Waals surface area (Å²) < 4.78 is 19.7. The highest BCUT2D eigenvalue weighted by molar-refractivity contribution is 6.06. The zero-order valence-electron chi connectivity index (χ0n) is 15.7. The summed E-state index contributed by atoms with van der Waals surface area (Å²) in [5.74, 6) is -1.14. The number of carbonyl (C=O) groups excluding carboxylic acids is 1. The number of unbranched alkanes of at least 4 members (excludes halogenated alkanes) is 1. The Morgan fingerprint density at radius 1 is 1.34 bits per heavy atom. The first kappa shape index (κ1) is 20.1. The number of aromatic nitrogens is 3. The van der Waals surface area contributed by atoms with Crippen molar-refractivity contribution in [2.45, 2.75) is 32.9 Å². The van der Waals surface area contributed by atoms with Crippen molar-refractivity contribution in [1.29, 1.82) is 0 Å². The molecule has 0 aromatic carbocycles. The number of halogens is 1. The van der Waals surface area contributed by atoms with E-state index in [0.717, 1.165) is 23.6 Å². The first-order valence-corrected chi connectivity index (χ1v) is 9.00. The molecule has 0 saturated carbocycles. The third kappa shape index (κ3) is 4.26. The van der Waals surface area contributed by atoms with Gasteiger partial charge in [0.2, 0.25) is 5.95 Å².